The molecule has 31 heavy (non-hydrogen) atoms. The number of Topliss-reactive ketones (excluding diaryl/α,β-unsaturated/α-hetero) is 1. The molecule has 8 heteroatoms. The molecule has 0 spiro atoms. The molecule has 0 saturated carbocycles. The second kappa shape index (κ2) is 8.47. The standard InChI is InChI=1S/C23H26N2O6/c1-14-5-7-17(31-14)20-19(22(27)23(28)25(20)10-4-9-24(2)3)21(26)15-6-8-16-18(13-15)30-12-11-29-16/h5-8,13,20,26H,4,9-12H2,1-3H3. The van der Waals surface area contributed by atoms with Gasteiger partial charge in [0.25, 0.3) is 5.91 Å². The summed E-state index contributed by atoms with van der Waals surface area (Å²) in [7, 11) is 4.04. The summed E-state index contributed by atoms with van der Waals surface area (Å²) in [6, 6.07) is 7.43. The molecule has 2 aliphatic rings. The van der Waals surface area contributed by atoms with Crippen LogP contribution < -0.4 is 19.5 Å². The number of hydrogen-bond acceptors (Lipinski definition) is 6. The Morgan fingerprint density at radius 2 is 1.87 bits per heavy atom. The van der Waals surface area contributed by atoms with Gasteiger partial charge < -0.3 is 28.8 Å². The van der Waals surface area contributed by atoms with Crippen LogP contribution in [0.1, 0.15) is 29.5 Å². The molecule has 1 aromatic heterocycles. The first-order chi connectivity index (χ1) is 14.9. The second-order valence-electron chi connectivity index (χ2n) is 8.09. The van der Waals surface area contributed by atoms with E-state index in [4.69, 9.17) is 13.9 Å². The lowest BCUT2D eigenvalue weighted by Crippen LogP contribution is -3.05. The Balaban J connectivity index is 1.76. The van der Waals surface area contributed by atoms with Crippen molar-refractivity contribution >= 4 is 17.4 Å². The zero-order valence-electron chi connectivity index (χ0n) is 17.9. The predicted molar refractivity (Wildman–Crippen MR) is 110 cm³/mol. The molecule has 1 saturated heterocycles. The number of aryl methyl sites for hydroxylation is 1. The van der Waals surface area contributed by atoms with E-state index in [2.05, 4.69) is 0 Å². The molecule has 1 atom stereocenters. The van der Waals surface area contributed by atoms with Gasteiger partial charge >= 0.3 is 0 Å². The second-order valence-corrected chi connectivity index (χ2v) is 8.09. The van der Waals surface area contributed by atoms with Crippen LogP contribution in [0.3, 0.4) is 0 Å². The fraction of sp³-hybridized carbons (Fsp3) is 0.391. The number of rotatable bonds is 6. The van der Waals surface area contributed by atoms with Crippen molar-refractivity contribution in [3.63, 3.8) is 0 Å². The van der Waals surface area contributed by atoms with E-state index in [9.17, 15) is 14.7 Å². The van der Waals surface area contributed by atoms with Gasteiger partial charge in [0.05, 0.1) is 20.6 Å². The number of ether oxygens (including phenoxy) is 2. The van der Waals surface area contributed by atoms with E-state index in [0.717, 1.165) is 6.54 Å². The van der Waals surface area contributed by atoms with E-state index in [1.165, 1.54) is 9.80 Å². The monoisotopic (exact) mass is 426 g/mol. The number of benzene rings is 1. The van der Waals surface area contributed by atoms with Crippen LogP contribution in [-0.2, 0) is 9.59 Å². The minimum atomic E-state index is -0.841. The number of nitrogens with one attached hydrogen (secondary N) is 1. The summed E-state index contributed by atoms with van der Waals surface area (Å²) in [4.78, 5) is 28.5. The first-order valence-corrected chi connectivity index (χ1v) is 10.4. The number of carbonyl (C=O) groups is 2. The van der Waals surface area contributed by atoms with Gasteiger partial charge in [-0.15, -0.1) is 0 Å². The van der Waals surface area contributed by atoms with Gasteiger partial charge in [-0.25, -0.2) is 0 Å². The molecule has 1 aromatic carbocycles. The summed E-state index contributed by atoms with van der Waals surface area (Å²) in [5, 5.41) is 13.4. The highest BCUT2D eigenvalue weighted by molar-refractivity contribution is 6.46. The average Bonchev–Trinajstić information content (AvgIpc) is 3.28. The first kappa shape index (κ1) is 21.0. The molecule has 0 radical (unpaired) electrons. The van der Waals surface area contributed by atoms with Gasteiger partial charge in [-0.05, 0) is 36.8 Å². The van der Waals surface area contributed by atoms with E-state index in [-0.39, 0.29) is 11.1 Å². The maximum Gasteiger partial charge on any atom is 0.295 e. The molecule has 0 aliphatic carbocycles. The smallest absolute Gasteiger partial charge is 0.295 e. The number of carbonyl (C=O) groups excluding carboxylic acids is 2. The molecular weight excluding hydrogens is 400 g/mol. The van der Waals surface area contributed by atoms with Gasteiger partial charge in [0.2, 0.25) is 5.78 Å². The molecule has 0 bridgehead atoms. The maximum atomic E-state index is 13.4. The summed E-state index contributed by atoms with van der Waals surface area (Å²) >= 11 is 0. The predicted octanol–water partition coefficient (Wildman–Crippen LogP) is 0.118. The van der Waals surface area contributed by atoms with Crippen molar-refractivity contribution in [3.8, 4) is 11.5 Å². The van der Waals surface area contributed by atoms with Crippen LogP contribution in [0.25, 0.3) is 5.76 Å². The zero-order valence-corrected chi connectivity index (χ0v) is 17.9. The van der Waals surface area contributed by atoms with Crippen molar-refractivity contribution in [1.82, 2.24) is 4.90 Å². The SMILES string of the molecule is Cc1ccc(C2C(=C([O-])c3ccc4c(c3)OCCO4)C(=O)C(=O)N2CCC[NH+](C)C)o1. The topological polar surface area (TPSA) is 96.5 Å². The summed E-state index contributed by atoms with van der Waals surface area (Å²) in [6.07, 6.45) is 0.697. The largest absolute Gasteiger partial charge is 0.872 e. The van der Waals surface area contributed by atoms with Gasteiger partial charge in [-0.1, -0.05) is 11.8 Å². The Morgan fingerprint density at radius 1 is 1.13 bits per heavy atom. The van der Waals surface area contributed by atoms with Crippen LogP contribution in [-0.4, -0.2) is 57.0 Å². The number of quaternary nitrogens is 1. The van der Waals surface area contributed by atoms with Gasteiger partial charge in [-0.2, -0.15) is 0 Å². The van der Waals surface area contributed by atoms with Gasteiger partial charge in [-0.3, -0.25) is 9.59 Å². The summed E-state index contributed by atoms with van der Waals surface area (Å²) in [5.41, 5.74) is 0.182. The molecule has 1 N–H and O–H groups in total. The minimum absolute atomic E-state index is 0.0896. The van der Waals surface area contributed by atoms with Gasteiger partial charge in [0.15, 0.2) is 11.5 Å². The normalized spacial score (nSPS) is 20.0. The molecular formula is C23H26N2O6. The highest BCUT2D eigenvalue weighted by atomic mass is 16.6. The fourth-order valence-electron chi connectivity index (χ4n) is 3.94. The van der Waals surface area contributed by atoms with Crippen LogP contribution in [0.2, 0.25) is 0 Å². The maximum absolute atomic E-state index is 13.4. The molecule has 164 valence electrons. The summed E-state index contributed by atoms with van der Waals surface area (Å²) < 4.78 is 16.8. The number of nitrogens with zero attached hydrogens (tertiary/aromatic N) is 1. The first-order valence-electron chi connectivity index (χ1n) is 10.4. The number of fused-ring (bicyclic) bond motifs is 1. The molecule has 1 unspecified atom stereocenters. The van der Waals surface area contributed by atoms with Crippen molar-refractivity contribution in [1.29, 1.82) is 0 Å². The van der Waals surface area contributed by atoms with Gasteiger partial charge in [0, 0.05) is 18.5 Å². The molecule has 1 amide bonds. The molecule has 2 aliphatic heterocycles. The van der Waals surface area contributed by atoms with E-state index in [0.29, 0.717) is 49.2 Å². The zero-order chi connectivity index (χ0) is 22.1. The lowest BCUT2D eigenvalue weighted by atomic mass is 9.99. The molecule has 2 aromatic rings. The molecule has 4 rings (SSSR count). The summed E-state index contributed by atoms with van der Waals surface area (Å²) in [5.74, 6) is 0.0960. The number of furan rings is 1. The lowest BCUT2D eigenvalue weighted by Gasteiger charge is -2.26. The van der Waals surface area contributed by atoms with Crippen LogP contribution >= 0.6 is 0 Å². The Bertz CT molecular complexity index is 1040. The van der Waals surface area contributed by atoms with E-state index < -0.39 is 23.5 Å². The average molecular weight is 426 g/mol. The quantitative estimate of drug-likeness (QED) is 0.400. The molecule has 8 nitrogen and oxygen atoms in total. The Morgan fingerprint density at radius 3 is 2.55 bits per heavy atom. The Kier molecular flexibility index (Phi) is 5.73. The number of amides is 1. The van der Waals surface area contributed by atoms with E-state index in [1.807, 2.05) is 14.1 Å². The highest BCUT2D eigenvalue weighted by Gasteiger charge is 2.45. The van der Waals surface area contributed by atoms with Crippen LogP contribution in [0.15, 0.2) is 40.3 Å². The number of likely N-dealkylation sites (tertiary alicyclic amines) is 1. The van der Waals surface area contributed by atoms with Crippen LogP contribution in [0, 0.1) is 6.92 Å². The van der Waals surface area contributed by atoms with Crippen molar-refractivity contribution in [2.24, 2.45) is 0 Å². The molecule has 1 fully saturated rings. The van der Waals surface area contributed by atoms with Crippen molar-refractivity contribution in [2.45, 2.75) is 19.4 Å². The minimum Gasteiger partial charge on any atom is -0.872 e. The third-order valence-electron chi connectivity index (χ3n) is 5.44. The third kappa shape index (κ3) is 4.03. The number of hydrogen-bond donors (Lipinski definition) is 1. The fourth-order valence-corrected chi connectivity index (χ4v) is 3.94. The van der Waals surface area contributed by atoms with Crippen LogP contribution in [0.4, 0.5) is 0 Å². The van der Waals surface area contributed by atoms with E-state index >= 15 is 0 Å². The van der Waals surface area contributed by atoms with E-state index in [1.54, 1.807) is 37.3 Å². The third-order valence-corrected chi connectivity index (χ3v) is 5.44. The Labute approximate surface area is 180 Å². The summed E-state index contributed by atoms with van der Waals surface area (Å²) in [6.45, 7) is 3.79. The lowest BCUT2D eigenvalue weighted by molar-refractivity contribution is -0.858. The van der Waals surface area contributed by atoms with Crippen LogP contribution in [0.5, 0.6) is 11.5 Å². The van der Waals surface area contributed by atoms with Gasteiger partial charge in [0.1, 0.15) is 30.8 Å². The number of ketones is 1. The van der Waals surface area contributed by atoms with Crippen molar-refractivity contribution < 1.29 is 33.5 Å². The molecule has 3 heterocycles. The Hall–Kier alpha value is -3.26. The highest BCUT2D eigenvalue weighted by Crippen LogP contribution is 2.40. The van der Waals surface area contributed by atoms with Crippen molar-refractivity contribution in [3.05, 3.63) is 53.0 Å². The van der Waals surface area contributed by atoms with Crippen molar-refractivity contribution in [2.75, 3.05) is 40.4 Å².